The maximum Gasteiger partial charge on any atom is 0.251 e. The smallest absolute Gasteiger partial charge is 0.251 e. The van der Waals surface area contributed by atoms with Crippen LogP contribution >= 0.6 is 0 Å². The number of hydrogen-bond donors (Lipinski definition) is 2. The van der Waals surface area contributed by atoms with Crippen molar-refractivity contribution in [2.24, 2.45) is 5.41 Å². The first-order valence-corrected chi connectivity index (χ1v) is 12.1. The van der Waals surface area contributed by atoms with E-state index in [-0.39, 0.29) is 17.9 Å². The molecule has 0 aromatic heterocycles. The third kappa shape index (κ3) is 7.44. The van der Waals surface area contributed by atoms with Crippen LogP contribution in [0.2, 0.25) is 0 Å². The Bertz CT molecular complexity index is 1160. The van der Waals surface area contributed by atoms with Crippen molar-refractivity contribution in [1.29, 1.82) is 0 Å². The molecule has 0 heterocycles. The average molecular weight is 473 g/mol. The normalized spacial score (nSPS) is 12.0. The minimum atomic E-state index is -0.578. The fourth-order valence-electron chi connectivity index (χ4n) is 3.82. The Balaban J connectivity index is 1.53. The van der Waals surface area contributed by atoms with Crippen molar-refractivity contribution in [3.8, 4) is 5.75 Å². The van der Waals surface area contributed by atoms with Gasteiger partial charge >= 0.3 is 0 Å². The van der Waals surface area contributed by atoms with E-state index in [2.05, 4.69) is 22.8 Å². The van der Waals surface area contributed by atoms with Crippen molar-refractivity contribution in [2.75, 3.05) is 11.9 Å². The van der Waals surface area contributed by atoms with Crippen LogP contribution < -0.4 is 15.4 Å². The van der Waals surface area contributed by atoms with E-state index in [1.54, 1.807) is 24.3 Å². The Labute approximate surface area is 208 Å². The van der Waals surface area contributed by atoms with Gasteiger partial charge in [0.25, 0.3) is 5.91 Å². The Morgan fingerprint density at radius 2 is 1.69 bits per heavy atom. The van der Waals surface area contributed by atoms with Crippen LogP contribution in [0.4, 0.5) is 5.69 Å². The molecular weight excluding hydrogens is 436 g/mol. The van der Waals surface area contributed by atoms with Crippen molar-refractivity contribution < 1.29 is 14.3 Å². The number of carbonyl (C=O) groups excluding carboxylic acids is 2. The van der Waals surface area contributed by atoms with Crippen LogP contribution in [0.3, 0.4) is 0 Å². The fraction of sp³-hybridized carbons (Fsp3) is 0.333. The quantitative estimate of drug-likeness (QED) is 0.326. The Morgan fingerprint density at radius 3 is 2.43 bits per heavy atom. The van der Waals surface area contributed by atoms with Crippen molar-refractivity contribution in [1.82, 2.24) is 5.32 Å². The number of hydrogen-bond acceptors (Lipinski definition) is 3. The second-order valence-electron chi connectivity index (χ2n) is 9.75. The summed E-state index contributed by atoms with van der Waals surface area (Å²) < 4.78 is 5.94. The largest absolute Gasteiger partial charge is 0.493 e. The number of aryl methyl sites for hydroxylation is 2. The van der Waals surface area contributed by atoms with Gasteiger partial charge in [0.1, 0.15) is 5.75 Å². The van der Waals surface area contributed by atoms with Crippen molar-refractivity contribution >= 4 is 17.5 Å². The van der Waals surface area contributed by atoms with Crippen LogP contribution in [0.15, 0.2) is 72.8 Å². The first-order valence-electron chi connectivity index (χ1n) is 12.1. The molecule has 0 fully saturated rings. The number of carbonyl (C=O) groups is 2. The molecule has 5 heteroatoms. The summed E-state index contributed by atoms with van der Waals surface area (Å²) in [5, 5.41) is 5.99. The van der Waals surface area contributed by atoms with Gasteiger partial charge in [-0.15, -0.1) is 0 Å². The molecule has 0 saturated heterocycles. The predicted molar refractivity (Wildman–Crippen MR) is 142 cm³/mol. The first kappa shape index (κ1) is 26.0. The summed E-state index contributed by atoms with van der Waals surface area (Å²) in [5.74, 6) is 0.628. The fourth-order valence-corrected chi connectivity index (χ4v) is 3.82. The maximum atomic E-state index is 13.0. The second kappa shape index (κ2) is 11.7. The molecule has 0 aliphatic rings. The molecule has 0 aliphatic heterocycles. The summed E-state index contributed by atoms with van der Waals surface area (Å²) in [4.78, 5) is 25.8. The van der Waals surface area contributed by atoms with Crippen LogP contribution in [0.5, 0.6) is 5.75 Å². The van der Waals surface area contributed by atoms with Crippen molar-refractivity contribution in [2.45, 2.75) is 53.5 Å². The highest BCUT2D eigenvalue weighted by Crippen LogP contribution is 2.26. The number of rotatable bonds is 10. The molecule has 1 unspecified atom stereocenters. The Kier molecular flexibility index (Phi) is 8.69. The van der Waals surface area contributed by atoms with Gasteiger partial charge in [-0.05, 0) is 74.6 Å². The zero-order valence-corrected chi connectivity index (χ0v) is 21.4. The molecule has 0 radical (unpaired) electrons. The van der Waals surface area contributed by atoms with Crippen LogP contribution in [0.25, 0.3) is 0 Å². The lowest BCUT2D eigenvalue weighted by molar-refractivity contribution is -0.124. The molecule has 3 aromatic rings. The molecule has 2 amide bonds. The summed E-state index contributed by atoms with van der Waals surface area (Å²) in [5.41, 5.74) is 3.84. The molecule has 2 N–H and O–H groups in total. The van der Waals surface area contributed by atoms with Crippen molar-refractivity contribution in [3.63, 3.8) is 0 Å². The van der Waals surface area contributed by atoms with E-state index in [9.17, 15) is 9.59 Å². The number of anilines is 1. The van der Waals surface area contributed by atoms with E-state index in [1.807, 2.05) is 71.0 Å². The topological polar surface area (TPSA) is 67.4 Å². The molecule has 0 spiro atoms. The molecule has 0 saturated carbocycles. The average Bonchev–Trinajstić information content (AvgIpc) is 2.84. The summed E-state index contributed by atoms with van der Waals surface area (Å²) in [6.07, 6.45) is 1.44. The SMILES string of the molecule is Cc1ccc(C)c(OCCCC(C)(C)C(=O)Nc2cccc(C(=O)NC(C)c3ccccc3)c2)c1. The molecule has 184 valence electrons. The molecule has 35 heavy (non-hydrogen) atoms. The molecular formula is C30H36N2O3. The van der Waals surface area contributed by atoms with E-state index in [0.29, 0.717) is 24.3 Å². The third-order valence-corrected chi connectivity index (χ3v) is 6.19. The van der Waals surface area contributed by atoms with Gasteiger partial charge in [0, 0.05) is 16.7 Å². The second-order valence-corrected chi connectivity index (χ2v) is 9.75. The first-order chi connectivity index (χ1) is 16.7. The van der Waals surface area contributed by atoms with E-state index in [0.717, 1.165) is 28.9 Å². The van der Waals surface area contributed by atoms with E-state index in [4.69, 9.17) is 4.74 Å². The highest BCUT2D eigenvalue weighted by Gasteiger charge is 2.27. The standard InChI is InChI=1S/C30H36N2O3/c1-21-15-16-22(2)27(19-21)35-18-10-17-30(4,5)29(34)32-26-14-9-13-25(20-26)28(33)31-23(3)24-11-7-6-8-12-24/h6-9,11-16,19-20,23H,10,17-18H2,1-5H3,(H,31,33)(H,32,34). The summed E-state index contributed by atoms with van der Waals surface area (Å²) in [7, 11) is 0. The molecule has 3 aromatic carbocycles. The van der Waals surface area contributed by atoms with Crippen LogP contribution in [0, 0.1) is 19.3 Å². The highest BCUT2D eigenvalue weighted by molar-refractivity contribution is 5.98. The number of nitrogens with one attached hydrogen (secondary N) is 2. The number of amides is 2. The summed E-state index contributed by atoms with van der Waals surface area (Å²) in [6.45, 7) is 10.4. The van der Waals surface area contributed by atoms with Gasteiger partial charge in [-0.25, -0.2) is 0 Å². The lowest BCUT2D eigenvalue weighted by atomic mass is 9.87. The third-order valence-electron chi connectivity index (χ3n) is 6.19. The van der Waals surface area contributed by atoms with Gasteiger partial charge in [0.15, 0.2) is 0 Å². The van der Waals surface area contributed by atoms with Gasteiger partial charge < -0.3 is 15.4 Å². The number of ether oxygens (including phenoxy) is 1. The molecule has 0 bridgehead atoms. The van der Waals surface area contributed by atoms with Gasteiger partial charge in [0.05, 0.1) is 12.6 Å². The monoisotopic (exact) mass is 472 g/mol. The number of benzene rings is 3. The maximum absolute atomic E-state index is 13.0. The van der Waals surface area contributed by atoms with E-state index < -0.39 is 5.41 Å². The van der Waals surface area contributed by atoms with Crippen molar-refractivity contribution in [3.05, 3.63) is 95.1 Å². The van der Waals surface area contributed by atoms with Crippen LogP contribution in [-0.4, -0.2) is 18.4 Å². The highest BCUT2D eigenvalue weighted by atomic mass is 16.5. The minimum Gasteiger partial charge on any atom is -0.493 e. The summed E-state index contributed by atoms with van der Waals surface area (Å²) in [6, 6.07) is 22.9. The van der Waals surface area contributed by atoms with Crippen LogP contribution in [0.1, 0.15) is 66.7 Å². The molecule has 5 nitrogen and oxygen atoms in total. The Morgan fingerprint density at radius 1 is 0.943 bits per heavy atom. The van der Waals surface area contributed by atoms with Gasteiger partial charge in [-0.1, -0.05) is 62.4 Å². The van der Waals surface area contributed by atoms with E-state index in [1.165, 1.54) is 0 Å². The molecule has 0 aliphatic carbocycles. The Hall–Kier alpha value is -3.60. The van der Waals surface area contributed by atoms with Crippen LogP contribution in [-0.2, 0) is 4.79 Å². The lowest BCUT2D eigenvalue weighted by Crippen LogP contribution is -2.31. The zero-order chi connectivity index (χ0) is 25.4. The predicted octanol–water partition coefficient (Wildman–Crippen LogP) is 6.62. The molecule has 3 rings (SSSR count). The minimum absolute atomic E-state index is 0.0838. The van der Waals surface area contributed by atoms with Gasteiger partial charge in [0.2, 0.25) is 5.91 Å². The van der Waals surface area contributed by atoms with Gasteiger partial charge in [-0.2, -0.15) is 0 Å². The zero-order valence-electron chi connectivity index (χ0n) is 21.4. The summed E-state index contributed by atoms with van der Waals surface area (Å²) >= 11 is 0. The van der Waals surface area contributed by atoms with Gasteiger partial charge in [-0.3, -0.25) is 9.59 Å². The molecule has 1 atom stereocenters. The lowest BCUT2D eigenvalue weighted by Gasteiger charge is -2.24. The van der Waals surface area contributed by atoms with E-state index >= 15 is 0 Å².